The lowest BCUT2D eigenvalue weighted by atomic mass is 10.3. The average molecular weight is 396 g/mol. The molecule has 0 aliphatic rings. The van der Waals surface area contributed by atoms with Crippen LogP contribution in [0.4, 0.5) is 0 Å². The van der Waals surface area contributed by atoms with Crippen molar-refractivity contribution in [3.05, 3.63) is 84.1 Å². The molecule has 0 aliphatic heterocycles. The summed E-state index contributed by atoms with van der Waals surface area (Å²) in [6, 6.07) is 16.8. The highest BCUT2D eigenvalue weighted by atomic mass is 32.2. The zero-order chi connectivity index (χ0) is 18.7. The maximum atomic E-state index is 13.0. The summed E-state index contributed by atoms with van der Waals surface area (Å²) in [5.74, 6) is 0. The van der Waals surface area contributed by atoms with Gasteiger partial charge in [0.1, 0.15) is 10.6 Å². The molecule has 3 heterocycles. The van der Waals surface area contributed by atoms with Crippen LogP contribution in [0.15, 0.2) is 83.5 Å². The summed E-state index contributed by atoms with van der Waals surface area (Å²) in [4.78, 5) is 4.96. The van der Waals surface area contributed by atoms with Crippen molar-refractivity contribution in [2.24, 2.45) is 0 Å². The Morgan fingerprint density at radius 3 is 2.59 bits per heavy atom. The zero-order valence-corrected chi connectivity index (χ0v) is 15.8. The fourth-order valence-electron chi connectivity index (χ4n) is 2.61. The van der Waals surface area contributed by atoms with E-state index in [1.807, 2.05) is 53.9 Å². The fraction of sp³-hybridized carbons (Fsp3) is 0.0526. The number of nitrogens with one attached hydrogen (secondary N) is 1. The molecule has 4 rings (SSSR count). The van der Waals surface area contributed by atoms with E-state index >= 15 is 0 Å². The van der Waals surface area contributed by atoms with Crippen molar-refractivity contribution in [2.75, 3.05) is 0 Å². The van der Waals surface area contributed by atoms with Crippen molar-refractivity contribution in [1.29, 1.82) is 0 Å². The summed E-state index contributed by atoms with van der Waals surface area (Å²) in [6.07, 6.45) is 4.84. The Balaban J connectivity index is 1.73. The first-order valence-electron chi connectivity index (χ1n) is 8.21. The molecule has 0 amide bonds. The van der Waals surface area contributed by atoms with Gasteiger partial charge in [-0.3, -0.25) is 4.98 Å². The molecule has 0 atom stereocenters. The summed E-state index contributed by atoms with van der Waals surface area (Å²) in [6.45, 7) is 0.163. The van der Waals surface area contributed by atoms with Crippen LogP contribution in [0.2, 0.25) is 0 Å². The number of thiophene rings is 1. The van der Waals surface area contributed by atoms with Crippen LogP contribution in [-0.2, 0) is 16.6 Å². The molecule has 1 aromatic carbocycles. The van der Waals surface area contributed by atoms with E-state index in [9.17, 15) is 8.42 Å². The van der Waals surface area contributed by atoms with Crippen molar-refractivity contribution in [3.63, 3.8) is 0 Å². The molecular formula is C19H16N4O2S2. The van der Waals surface area contributed by atoms with Gasteiger partial charge < -0.3 is 0 Å². The van der Waals surface area contributed by atoms with E-state index in [1.165, 1.54) is 11.3 Å². The molecule has 0 fully saturated rings. The van der Waals surface area contributed by atoms with Gasteiger partial charge in [0, 0.05) is 18.9 Å². The van der Waals surface area contributed by atoms with Crippen LogP contribution in [-0.4, -0.2) is 23.2 Å². The van der Waals surface area contributed by atoms with E-state index in [1.54, 1.807) is 29.3 Å². The van der Waals surface area contributed by atoms with Crippen molar-refractivity contribution >= 4 is 21.4 Å². The normalized spacial score (nSPS) is 11.6. The second-order valence-corrected chi connectivity index (χ2v) is 8.47. The molecule has 1 N–H and O–H groups in total. The van der Waals surface area contributed by atoms with Crippen LogP contribution < -0.4 is 4.72 Å². The van der Waals surface area contributed by atoms with E-state index in [4.69, 9.17) is 0 Å². The highest BCUT2D eigenvalue weighted by Crippen LogP contribution is 2.30. The standard InChI is InChI=1S/C19H16N4O2S2/c24-27(25,21-13-15-6-4-10-20-12-15)18-14-23(16-7-2-1-3-8-16)22-19(18)17-9-5-11-26-17/h1-12,14,21H,13H2. The van der Waals surface area contributed by atoms with Crippen LogP contribution in [0.5, 0.6) is 0 Å². The van der Waals surface area contributed by atoms with Crippen LogP contribution in [0, 0.1) is 0 Å². The van der Waals surface area contributed by atoms with E-state index < -0.39 is 10.0 Å². The first-order valence-corrected chi connectivity index (χ1v) is 10.6. The molecule has 0 bridgehead atoms. The zero-order valence-electron chi connectivity index (χ0n) is 14.2. The van der Waals surface area contributed by atoms with Gasteiger partial charge in [-0.2, -0.15) is 5.10 Å². The van der Waals surface area contributed by atoms with Gasteiger partial charge in [0.05, 0.1) is 16.8 Å². The van der Waals surface area contributed by atoms with Gasteiger partial charge in [-0.1, -0.05) is 30.3 Å². The van der Waals surface area contributed by atoms with Crippen LogP contribution >= 0.6 is 11.3 Å². The molecular weight excluding hydrogens is 380 g/mol. The summed E-state index contributed by atoms with van der Waals surface area (Å²) < 4.78 is 30.2. The molecule has 27 heavy (non-hydrogen) atoms. The van der Waals surface area contributed by atoms with Gasteiger partial charge in [0.25, 0.3) is 0 Å². The molecule has 0 saturated heterocycles. The smallest absolute Gasteiger partial charge is 0.244 e. The van der Waals surface area contributed by atoms with Gasteiger partial charge in [0.2, 0.25) is 10.0 Å². The highest BCUT2D eigenvalue weighted by Gasteiger charge is 2.24. The summed E-state index contributed by atoms with van der Waals surface area (Å²) in [5.41, 5.74) is 2.02. The van der Waals surface area contributed by atoms with Crippen LogP contribution in [0.3, 0.4) is 0 Å². The Hall–Kier alpha value is -2.81. The van der Waals surface area contributed by atoms with E-state index in [2.05, 4.69) is 14.8 Å². The number of hydrogen-bond acceptors (Lipinski definition) is 5. The second kappa shape index (κ2) is 7.43. The first kappa shape index (κ1) is 17.6. The fourth-order valence-corrected chi connectivity index (χ4v) is 4.55. The largest absolute Gasteiger partial charge is 0.264 e. The van der Waals surface area contributed by atoms with Gasteiger partial charge in [-0.15, -0.1) is 11.3 Å². The molecule has 0 unspecified atom stereocenters. The third-order valence-electron chi connectivity index (χ3n) is 3.93. The van der Waals surface area contributed by atoms with Crippen molar-refractivity contribution in [2.45, 2.75) is 11.4 Å². The van der Waals surface area contributed by atoms with Gasteiger partial charge in [0.15, 0.2) is 0 Å². The Morgan fingerprint density at radius 1 is 1.04 bits per heavy atom. The molecule has 0 radical (unpaired) electrons. The quantitative estimate of drug-likeness (QED) is 0.541. The Bertz CT molecular complexity index is 1120. The number of para-hydroxylation sites is 1. The molecule has 8 heteroatoms. The topological polar surface area (TPSA) is 76.9 Å². The van der Waals surface area contributed by atoms with Gasteiger partial charge in [-0.05, 0) is 35.2 Å². The van der Waals surface area contributed by atoms with E-state index in [-0.39, 0.29) is 11.4 Å². The van der Waals surface area contributed by atoms with Crippen molar-refractivity contribution in [1.82, 2.24) is 19.5 Å². The molecule has 0 spiro atoms. The molecule has 0 aliphatic carbocycles. The number of rotatable bonds is 6. The van der Waals surface area contributed by atoms with Crippen LogP contribution in [0.1, 0.15) is 5.56 Å². The minimum Gasteiger partial charge on any atom is -0.264 e. The summed E-state index contributed by atoms with van der Waals surface area (Å²) in [7, 11) is -3.76. The van der Waals surface area contributed by atoms with Gasteiger partial charge >= 0.3 is 0 Å². The number of aromatic nitrogens is 3. The molecule has 0 saturated carbocycles. The lowest BCUT2D eigenvalue weighted by molar-refractivity contribution is 0.581. The lowest BCUT2D eigenvalue weighted by Gasteiger charge is -2.06. The summed E-state index contributed by atoms with van der Waals surface area (Å²) >= 11 is 1.45. The maximum absolute atomic E-state index is 13.0. The minimum absolute atomic E-state index is 0.151. The van der Waals surface area contributed by atoms with E-state index in [0.717, 1.165) is 16.1 Å². The number of hydrogen-bond donors (Lipinski definition) is 1. The first-order chi connectivity index (χ1) is 13.1. The number of nitrogens with zero attached hydrogens (tertiary/aromatic N) is 3. The van der Waals surface area contributed by atoms with Gasteiger partial charge in [-0.25, -0.2) is 17.8 Å². The lowest BCUT2D eigenvalue weighted by Crippen LogP contribution is -2.23. The number of pyridine rings is 1. The summed E-state index contributed by atoms with van der Waals surface area (Å²) in [5, 5.41) is 6.44. The highest BCUT2D eigenvalue weighted by molar-refractivity contribution is 7.89. The second-order valence-electron chi connectivity index (χ2n) is 5.79. The third kappa shape index (κ3) is 3.82. The SMILES string of the molecule is O=S(=O)(NCc1cccnc1)c1cn(-c2ccccc2)nc1-c1cccs1. The molecule has 6 nitrogen and oxygen atoms in total. The van der Waals surface area contributed by atoms with Crippen molar-refractivity contribution in [3.8, 4) is 16.3 Å². The predicted molar refractivity (Wildman–Crippen MR) is 105 cm³/mol. The average Bonchev–Trinajstić information content (AvgIpc) is 3.38. The Labute approximate surface area is 161 Å². The van der Waals surface area contributed by atoms with E-state index in [0.29, 0.717) is 5.69 Å². The molecule has 4 aromatic rings. The van der Waals surface area contributed by atoms with Crippen molar-refractivity contribution < 1.29 is 8.42 Å². The number of sulfonamides is 1. The molecule has 136 valence electrons. The monoisotopic (exact) mass is 396 g/mol. The molecule has 3 aromatic heterocycles. The predicted octanol–water partition coefficient (Wildman–Crippen LogP) is 3.47. The Morgan fingerprint density at radius 2 is 1.89 bits per heavy atom. The Kier molecular flexibility index (Phi) is 4.85. The maximum Gasteiger partial charge on any atom is 0.244 e. The minimum atomic E-state index is -3.76. The third-order valence-corrected chi connectivity index (χ3v) is 6.21. The number of benzene rings is 1. The van der Waals surface area contributed by atoms with Crippen LogP contribution in [0.25, 0.3) is 16.3 Å².